The second-order valence-corrected chi connectivity index (χ2v) is 21.2. The third-order valence-electron chi connectivity index (χ3n) is 16.7. The molecule has 5 aromatic rings. The Morgan fingerprint density at radius 3 is 2.29 bits per heavy atom. The molecular formula is C56H62ClF4N7O7. The quantitative estimate of drug-likeness (QED) is 0.0669. The number of halogens is 5. The Morgan fingerprint density at radius 2 is 1.61 bits per heavy atom. The molecule has 398 valence electrons. The first-order valence-electron chi connectivity index (χ1n) is 26.1. The SMILES string of the molecule is CNC(=O)c1ccc(OCCO)c(F)c1-c1c(Cl)c(F)cc2c1C(C)C(CNC1CCC(C(=O)N3CCC(N4CCC(c5c(F)cc6c(C7CCC(=O)NC7=O)nn(C)c6c5F)CC4)CC3)CC1)(c1ccccc1)O2. The van der Waals surface area contributed by atoms with E-state index in [0.29, 0.717) is 57.4 Å². The lowest BCUT2D eigenvalue weighted by molar-refractivity contribution is -0.138. The highest BCUT2D eigenvalue weighted by Crippen LogP contribution is 2.57. The molecule has 1 aliphatic carbocycles. The number of piperidine rings is 3. The van der Waals surface area contributed by atoms with Gasteiger partial charge in [-0.3, -0.25) is 29.2 Å². The van der Waals surface area contributed by atoms with Crippen LogP contribution in [0.2, 0.25) is 5.02 Å². The van der Waals surface area contributed by atoms with Gasteiger partial charge in [0, 0.05) is 97.8 Å². The van der Waals surface area contributed by atoms with E-state index < -0.39 is 52.5 Å². The van der Waals surface area contributed by atoms with Crippen LogP contribution in [-0.2, 0) is 27.0 Å². The van der Waals surface area contributed by atoms with Gasteiger partial charge in [0.2, 0.25) is 17.7 Å². The molecule has 3 unspecified atom stereocenters. The van der Waals surface area contributed by atoms with Crippen LogP contribution in [-0.4, -0.2) is 113 Å². The standard InChI is InChI=1S/C56H62ClF4N7O7/c1-30-44-42(28-40(59)48(57)47(44)46-36(53(71)62-2)13-15-41(49(46)60)74-26-25-69)75-56(30,33-7-5-4-6-8-33)29-63-34-11-9-32(10-12-34)55(73)68-23-19-35(20-24-68)67-21-17-31(18-22-67)45-39(58)27-38-51(65-66(3)52(38)50(45)61)37-14-16-43(70)64-54(37)72/h4-8,13,15,27-28,30-32,34-35,37,63,69H,9-12,14,16-26,29H2,1-3H3,(H,62,71)(H,64,70,72). The molecule has 3 atom stereocenters. The van der Waals surface area contributed by atoms with Gasteiger partial charge in [0.05, 0.1) is 28.8 Å². The van der Waals surface area contributed by atoms with E-state index in [4.69, 9.17) is 21.1 Å². The first-order valence-corrected chi connectivity index (χ1v) is 26.5. The summed E-state index contributed by atoms with van der Waals surface area (Å²) in [6.45, 7) is 4.20. The number of imide groups is 1. The molecule has 75 heavy (non-hydrogen) atoms. The van der Waals surface area contributed by atoms with Crippen molar-refractivity contribution in [3.05, 3.63) is 111 Å². The van der Waals surface area contributed by atoms with E-state index in [1.165, 1.54) is 36.0 Å². The molecule has 5 heterocycles. The van der Waals surface area contributed by atoms with Crippen LogP contribution in [0.15, 0.2) is 54.6 Å². The number of aliphatic hydroxyl groups excluding tert-OH is 1. The van der Waals surface area contributed by atoms with Crippen molar-refractivity contribution >= 4 is 46.1 Å². The third kappa shape index (κ3) is 9.65. The Labute approximate surface area is 437 Å². The van der Waals surface area contributed by atoms with Crippen molar-refractivity contribution in [2.45, 2.75) is 107 Å². The van der Waals surface area contributed by atoms with Crippen molar-refractivity contribution < 1.29 is 51.3 Å². The summed E-state index contributed by atoms with van der Waals surface area (Å²) < 4.78 is 78.5. The number of fused-ring (bicyclic) bond motifs is 2. The first kappa shape index (κ1) is 52.4. The Hall–Kier alpha value is -6.08. The molecule has 4 aromatic carbocycles. The average molecular weight is 1060 g/mol. The van der Waals surface area contributed by atoms with Gasteiger partial charge in [-0.25, -0.2) is 17.6 Å². The van der Waals surface area contributed by atoms with Crippen molar-refractivity contribution in [1.82, 2.24) is 35.5 Å². The number of aliphatic hydroxyl groups is 1. The lowest BCUT2D eigenvalue weighted by Crippen LogP contribution is -2.51. The first-order chi connectivity index (χ1) is 36.1. The molecule has 0 spiro atoms. The number of likely N-dealkylation sites (tertiary alicyclic amines) is 2. The highest BCUT2D eigenvalue weighted by molar-refractivity contribution is 6.34. The fraction of sp³-hybridized carbons (Fsp3) is 0.482. The minimum Gasteiger partial charge on any atom is -0.488 e. The second kappa shape index (κ2) is 21.5. The molecule has 1 saturated carbocycles. The Bertz CT molecular complexity index is 3030. The number of carbonyl (C=O) groups excluding carboxylic acids is 4. The zero-order valence-corrected chi connectivity index (χ0v) is 43.0. The maximum absolute atomic E-state index is 16.6. The van der Waals surface area contributed by atoms with Crippen molar-refractivity contribution in [3.63, 3.8) is 0 Å². The summed E-state index contributed by atoms with van der Waals surface area (Å²) in [4.78, 5) is 56.1. The number of nitrogens with zero attached hydrogens (tertiary/aromatic N) is 4. The van der Waals surface area contributed by atoms with Gasteiger partial charge in [-0.05, 0) is 101 Å². The number of amides is 4. The predicted octanol–water partition coefficient (Wildman–Crippen LogP) is 8.11. The highest BCUT2D eigenvalue weighted by Gasteiger charge is 2.50. The van der Waals surface area contributed by atoms with E-state index in [9.17, 15) is 24.3 Å². The maximum Gasteiger partial charge on any atom is 0.251 e. The maximum atomic E-state index is 16.6. The number of aromatic nitrogens is 2. The molecule has 4 fully saturated rings. The summed E-state index contributed by atoms with van der Waals surface area (Å²) in [6.07, 6.45) is 5.96. The molecule has 5 aliphatic rings. The number of hydrogen-bond donors (Lipinski definition) is 4. The monoisotopic (exact) mass is 1060 g/mol. The lowest BCUT2D eigenvalue weighted by atomic mass is 9.77. The smallest absolute Gasteiger partial charge is 0.251 e. The summed E-state index contributed by atoms with van der Waals surface area (Å²) in [6, 6.07) is 15.0. The van der Waals surface area contributed by atoms with Crippen LogP contribution in [0.4, 0.5) is 17.6 Å². The van der Waals surface area contributed by atoms with Crippen molar-refractivity contribution in [2.75, 3.05) is 53.0 Å². The van der Waals surface area contributed by atoms with E-state index in [1.54, 1.807) is 7.05 Å². The number of hydrogen-bond acceptors (Lipinski definition) is 10. The van der Waals surface area contributed by atoms with Gasteiger partial charge >= 0.3 is 0 Å². The van der Waals surface area contributed by atoms with Gasteiger partial charge in [0.15, 0.2) is 23.0 Å². The zero-order chi connectivity index (χ0) is 52.9. The number of benzene rings is 4. The number of ether oxygens (including phenoxy) is 2. The molecule has 1 aromatic heterocycles. The normalized spacial score (nSPS) is 23.8. The fourth-order valence-electron chi connectivity index (χ4n) is 12.7. The summed E-state index contributed by atoms with van der Waals surface area (Å²) in [7, 11) is 2.99. The van der Waals surface area contributed by atoms with Crippen LogP contribution < -0.4 is 25.4 Å². The van der Waals surface area contributed by atoms with E-state index in [0.717, 1.165) is 31.2 Å². The van der Waals surface area contributed by atoms with Gasteiger partial charge in [-0.1, -0.05) is 48.9 Å². The molecule has 0 bridgehead atoms. The largest absolute Gasteiger partial charge is 0.488 e. The third-order valence-corrected chi connectivity index (χ3v) is 17.1. The fourth-order valence-corrected chi connectivity index (χ4v) is 12.9. The van der Waals surface area contributed by atoms with Crippen LogP contribution in [0, 0.1) is 29.2 Å². The van der Waals surface area contributed by atoms with E-state index >= 15 is 17.6 Å². The van der Waals surface area contributed by atoms with E-state index in [-0.39, 0.29) is 124 Å². The van der Waals surface area contributed by atoms with Crippen LogP contribution in [0.25, 0.3) is 22.0 Å². The van der Waals surface area contributed by atoms with Gasteiger partial charge in [-0.15, -0.1) is 0 Å². The molecular weight excluding hydrogens is 994 g/mol. The highest BCUT2D eigenvalue weighted by atomic mass is 35.5. The zero-order valence-electron chi connectivity index (χ0n) is 42.3. The summed E-state index contributed by atoms with van der Waals surface area (Å²) in [5.74, 6) is -6.32. The van der Waals surface area contributed by atoms with Crippen molar-refractivity contribution in [2.24, 2.45) is 13.0 Å². The van der Waals surface area contributed by atoms with Gasteiger partial charge in [-0.2, -0.15) is 5.10 Å². The number of rotatable bonds is 13. The Morgan fingerprint density at radius 1 is 0.893 bits per heavy atom. The van der Waals surface area contributed by atoms with Crippen LogP contribution >= 0.6 is 11.6 Å². The summed E-state index contributed by atoms with van der Waals surface area (Å²) >= 11 is 6.78. The van der Waals surface area contributed by atoms with E-state index in [1.807, 2.05) is 42.2 Å². The minimum absolute atomic E-state index is 0.0238. The second-order valence-electron chi connectivity index (χ2n) is 20.8. The van der Waals surface area contributed by atoms with Crippen molar-refractivity contribution in [3.8, 4) is 22.6 Å². The lowest BCUT2D eigenvalue weighted by Gasteiger charge is -2.43. The van der Waals surface area contributed by atoms with Crippen molar-refractivity contribution in [1.29, 1.82) is 0 Å². The van der Waals surface area contributed by atoms with Gasteiger partial charge in [0.1, 0.15) is 29.5 Å². The van der Waals surface area contributed by atoms with E-state index in [2.05, 4.69) is 25.9 Å². The topological polar surface area (TPSA) is 167 Å². The van der Waals surface area contributed by atoms with Crippen LogP contribution in [0.1, 0.15) is 122 Å². The summed E-state index contributed by atoms with van der Waals surface area (Å²) in [5.41, 5.74) is 0.202. The minimum atomic E-state index is -1.12. The predicted molar refractivity (Wildman–Crippen MR) is 273 cm³/mol. The average Bonchev–Trinajstić information content (AvgIpc) is 3.90. The Balaban J connectivity index is 0.762. The Kier molecular flexibility index (Phi) is 15.0. The molecule has 10 rings (SSSR count). The summed E-state index contributed by atoms with van der Waals surface area (Å²) in [5, 5.41) is 22.3. The molecule has 14 nitrogen and oxygen atoms in total. The number of nitrogens with one attached hydrogen (secondary N) is 3. The molecule has 19 heteroatoms. The number of carbonyl (C=O) groups is 4. The van der Waals surface area contributed by atoms with Crippen LogP contribution in [0.3, 0.4) is 0 Å². The molecule has 3 saturated heterocycles. The molecule has 4 aliphatic heterocycles. The van der Waals surface area contributed by atoms with Gasteiger partial charge in [0.25, 0.3) is 5.91 Å². The van der Waals surface area contributed by atoms with Crippen LogP contribution in [0.5, 0.6) is 11.5 Å². The molecule has 4 N–H and O–H groups in total. The molecule has 4 amide bonds. The number of aryl methyl sites for hydroxylation is 1. The molecule has 0 radical (unpaired) electrons. The van der Waals surface area contributed by atoms with Gasteiger partial charge < -0.3 is 35.0 Å².